The van der Waals surface area contributed by atoms with E-state index >= 15 is 0 Å². The molecule has 0 radical (unpaired) electrons. The second-order valence-electron chi connectivity index (χ2n) is 8.35. The average molecular weight is 451 g/mol. The average Bonchev–Trinajstić information content (AvgIpc) is 2.84. The number of nitrogens with one attached hydrogen (secondary N) is 2. The van der Waals surface area contributed by atoms with Crippen molar-refractivity contribution in [2.75, 3.05) is 38.0 Å². The maximum absolute atomic E-state index is 12.8. The van der Waals surface area contributed by atoms with Crippen LogP contribution in [0.3, 0.4) is 0 Å². The molecular weight excluding hydrogens is 416 g/mol. The van der Waals surface area contributed by atoms with Gasteiger partial charge in [0.05, 0.1) is 6.54 Å². The van der Waals surface area contributed by atoms with Gasteiger partial charge in [-0.1, -0.05) is 31.2 Å². The minimum atomic E-state index is -0.155. The largest absolute Gasteiger partial charge is 0.352 e. The normalized spacial score (nSPS) is 14.2. The van der Waals surface area contributed by atoms with Crippen molar-refractivity contribution in [3.63, 3.8) is 0 Å². The second-order valence-corrected chi connectivity index (χ2v) is 8.35. The Bertz CT molecular complexity index is 940. The van der Waals surface area contributed by atoms with E-state index in [0.29, 0.717) is 30.9 Å². The topological polar surface area (TPSA) is 81.8 Å². The lowest BCUT2D eigenvalue weighted by Gasteiger charge is -2.38. The van der Waals surface area contributed by atoms with Gasteiger partial charge in [-0.15, -0.1) is 0 Å². The van der Waals surface area contributed by atoms with Crippen LogP contribution in [0.4, 0.5) is 5.69 Å². The highest BCUT2D eigenvalue weighted by Crippen LogP contribution is 2.19. The van der Waals surface area contributed by atoms with Crippen molar-refractivity contribution in [1.82, 2.24) is 15.1 Å². The molecular formula is C26H34N4O3. The van der Waals surface area contributed by atoms with Crippen LogP contribution in [0.1, 0.15) is 53.8 Å². The van der Waals surface area contributed by atoms with Crippen molar-refractivity contribution in [3.05, 3.63) is 65.7 Å². The predicted octanol–water partition coefficient (Wildman–Crippen LogP) is 3.39. The molecule has 33 heavy (non-hydrogen) atoms. The molecule has 1 aliphatic rings. The van der Waals surface area contributed by atoms with Gasteiger partial charge in [0.1, 0.15) is 0 Å². The van der Waals surface area contributed by atoms with Gasteiger partial charge in [-0.3, -0.25) is 19.3 Å². The zero-order valence-corrected chi connectivity index (χ0v) is 19.5. The van der Waals surface area contributed by atoms with Crippen molar-refractivity contribution >= 4 is 23.4 Å². The molecule has 0 atom stereocenters. The van der Waals surface area contributed by atoms with Gasteiger partial charge in [0, 0.05) is 42.5 Å². The molecule has 176 valence electrons. The number of amides is 3. The minimum Gasteiger partial charge on any atom is -0.352 e. The first kappa shape index (κ1) is 24.5. The summed E-state index contributed by atoms with van der Waals surface area (Å²) in [5, 5.41) is 5.70. The Kier molecular flexibility index (Phi) is 9.01. The van der Waals surface area contributed by atoms with Crippen LogP contribution in [-0.4, -0.2) is 66.3 Å². The van der Waals surface area contributed by atoms with E-state index in [1.165, 1.54) is 0 Å². The van der Waals surface area contributed by atoms with Crippen molar-refractivity contribution in [2.45, 2.75) is 39.2 Å². The number of anilines is 1. The first-order valence-corrected chi connectivity index (χ1v) is 11.8. The van der Waals surface area contributed by atoms with Gasteiger partial charge in [-0.25, -0.2) is 0 Å². The summed E-state index contributed by atoms with van der Waals surface area (Å²) in [6.45, 7) is 7.02. The third-order valence-electron chi connectivity index (χ3n) is 5.89. The summed E-state index contributed by atoms with van der Waals surface area (Å²) in [6.07, 6.45) is 2.64. The van der Waals surface area contributed by atoms with Crippen molar-refractivity contribution in [1.29, 1.82) is 0 Å². The van der Waals surface area contributed by atoms with Crippen LogP contribution < -0.4 is 10.6 Å². The van der Waals surface area contributed by atoms with Crippen molar-refractivity contribution in [2.24, 2.45) is 0 Å². The standard InChI is InChI=1S/C26H34N4O3/c1-3-15-30(19-24(31)28-22-12-8-11-21(18-22)25(32)27-4-2)23-13-16-29(17-14-23)26(33)20-9-6-5-7-10-20/h5-12,18,23H,3-4,13-17,19H2,1-2H3,(H,27,32)(H,28,31). The van der Waals surface area contributed by atoms with Crippen LogP contribution in [0.2, 0.25) is 0 Å². The van der Waals surface area contributed by atoms with Gasteiger partial charge in [0.2, 0.25) is 5.91 Å². The molecule has 1 saturated heterocycles. The van der Waals surface area contributed by atoms with Gasteiger partial charge in [-0.05, 0) is 63.1 Å². The predicted molar refractivity (Wildman–Crippen MR) is 130 cm³/mol. The molecule has 3 amide bonds. The number of rotatable bonds is 9. The number of piperidine rings is 1. The van der Waals surface area contributed by atoms with Crippen LogP contribution in [-0.2, 0) is 4.79 Å². The number of nitrogens with zero attached hydrogens (tertiary/aromatic N) is 2. The van der Waals surface area contributed by atoms with E-state index in [9.17, 15) is 14.4 Å². The van der Waals surface area contributed by atoms with E-state index < -0.39 is 0 Å². The molecule has 3 rings (SSSR count). The first-order chi connectivity index (χ1) is 16.0. The van der Waals surface area contributed by atoms with Crippen LogP contribution in [0, 0.1) is 0 Å². The number of carbonyl (C=O) groups is 3. The molecule has 2 aromatic rings. The fourth-order valence-electron chi connectivity index (χ4n) is 4.26. The minimum absolute atomic E-state index is 0.0702. The molecule has 2 N–H and O–H groups in total. The van der Waals surface area contributed by atoms with Crippen molar-refractivity contribution in [3.8, 4) is 0 Å². The monoisotopic (exact) mass is 450 g/mol. The van der Waals surface area contributed by atoms with Crippen LogP contribution in [0.15, 0.2) is 54.6 Å². The SMILES string of the molecule is CCCN(CC(=O)Nc1cccc(C(=O)NCC)c1)C1CCN(C(=O)c2ccccc2)CC1. The summed E-state index contributed by atoms with van der Waals surface area (Å²) in [4.78, 5) is 41.7. The summed E-state index contributed by atoms with van der Waals surface area (Å²) in [5.74, 6) is -0.182. The van der Waals surface area contributed by atoms with E-state index in [1.54, 1.807) is 24.3 Å². The van der Waals surface area contributed by atoms with Gasteiger partial charge < -0.3 is 15.5 Å². The highest BCUT2D eigenvalue weighted by molar-refractivity contribution is 5.97. The molecule has 0 unspecified atom stereocenters. The lowest BCUT2D eigenvalue weighted by atomic mass is 10.0. The van der Waals surface area contributed by atoms with E-state index in [0.717, 1.165) is 31.4 Å². The van der Waals surface area contributed by atoms with Gasteiger partial charge in [0.15, 0.2) is 0 Å². The Morgan fingerprint density at radius 2 is 1.67 bits per heavy atom. The molecule has 0 bridgehead atoms. The maximum Gasteiger partial charge on any atom is 0.253 e. The van der Waals surface area contributed by atoms with Crippen LogP contribution >= 0.6 is 0 Å². The zero-order valence-electron chi connectivity index (χ0n) is 19.5. The molecule has 0 spiro atoms. The molecule has 1 aliphatic heterocycles. The first-order valence-electron chi connectivity index (χ1n) is 11.8. The summed E-state index contributed by atoms with van der Waals surface area (Å²) in [7, 11) is 0. The molecule has 1 fully saturated rings. The summed E-state index contributed by atoms with van der Waals surface area (Å²) in [5.41, 5.74) is 1.86. The summed E-state index contributed by atoms with van der Waals surface area (Å²) >= 11 is 0. The Hall–Kier alpha value is -3.19. The quantitative estimate of drug-likeness (QED) is 0.614. The molecule has 0 aromatic heterocycles. The molecule has 7 heteroatoms. The third-order valence-corrected chi connectivity index (χ3v) is 5.89. The fraction of sp³-hybridized carbons (Fsp3) is 0.423. The Morgan fingerprint density at radius 1 is 0.970 bits per heavy atom. The number of likely N-dealkylation sites (tertiary alicyclic amines) is 1. The maximum atomic E-state index is 12.8. The zero-order chi connectivity index (χ0) is 23.6. The fourth-order valence-corrected chi connectivity index (χ4v) is 4.26. The molecule has 1 heterocycles. The number of hydrogen-bond donors (Lipinski definition) is 2. The Balaban J connectivity index is 1.55. The Labute approximate surface area is 196 Å². The van der Waals surface area contributed by atoms with Gasteiger partial charge in [-0.2, -0.15) is 0 Å². The number of hydrogen-bond acceptors (Lipinski definition) is 4. The number of benzene rings is 2. The number of carbonyl (C=O) groups excluding carboxylic acids is 3. The highest BCUT2D eigenvalue weighted by Gasteiger charge is 2.28. The highest BCUT2D eigenvalue weighted by atomic mass is 16.2. The van der Waals surface area contributed by atoms with Crippen molar-refractivity contribution < 1.29 is 14.4 Å². The van der Waals surface area contributed by atoms with E-state index in [2.05, 4.69) is 22.5 Å². The Morgan fingerprint density at radius 3 is 2.33 bits per heavy atom. The summed E-state index contributed by atoms with van der Waals surface area (Å²) in [6, 6.07) is 16.6. The third kappa shape index (κ3) is 6.89. The molecule has 0 aliphatic carbocycles. The van der Waals surface area contributed by atoms with E-state index in [-0.39, 0.29) is 30.3 Å². The van der Waals surface area contributed by atoms with Crippen LogP contribution in [0.5, 0.6) is 0 Å². The van der Waals surface area contributed by atoms with Crippen LogP contribution in [0.25, 0.3) is 0 Å². The van der Waals surface area contributed by atoms with Gasteiger partial charge in [0.25, 0.3) is 11.8 Å². The smallest absolute Gasteiger partial charge is 0.253 e. The van der Waals surface area contributed by atoms with E-state index in [1.807, 2.05) is 42.2 Å². The molecule has 2 aromatic carbocycles. The molecule has 7 nitrogen and oxygen atoms in total. The summed E-state index contributed by atoms with van der Waals surface area (Å²) < 4.78 is 0. The van der Waals surface area contributed by atoms with E-state index in [4.69, 9.17) is 0 Å². The lowest BCUT2D eigenvalue weighted by molar-refractivity contribution is -0.118. The lowest BCUT2D eigenvalue weighted by Crippen LogP contribution is -2.49. The second kappa shape index (κ2) is 12.2. The van der Waals surface area contributed by atoms with Gasteiger partial charge >= 0.3 is 0 Å². The molecule has 0 saturated carbocycles.